The summed E-state index contributed by atoms with van der Waals surface area (Å²) in [5.41, 5.74) is 7.70. The third-order valence-corrected chi connectivity index (χ3v) is 5.04. The van der Waals surface area contributed by atoms with Crippen molar-refractivity contribution in [3.05, 3.63) is 24.5 Å². The van der Waals surface area contributed by atoms with Crippen LogP contribution < -0.4 is 20.5 Å². The molecule has 1 aliphatic heterocycles. The Bertz CT molecular complexity index is 988. The number of nitrogens with one attached hydrogen (secondary N) is 1. The molecule has 0 saturated carbocycles. The van der Waals surface area contributed by atoms with Crippen LogP contribution >= 0.6 is 0 Å². The van der Waals surface area contributed by atoms with Gasteiger partial charge in [-0.3, -0.25) is 4.57 Å². The number of hydrogen-bond donors (Lipinski definition) is 2. The fraction of sp³-hybridized carbons (Fsp3) is 0.421. The zero-order valence-electron chi connectivity index (χ0n) is 16.3. The third kappa shape index (κ3) is 3.40. The molecule has 1 aromatic carbocycles. The van der Waals surface area contributed by atoms with Gasteiger partial charge in [-0.1, -0.05) is 0 Å². The van der Waals surface area contributed by atoms with Crippen LogP contribution in [-0.2, 0) is 0 Å². The van der Waals surface area contributed by atoms with Crippen molar-refractivity contribution in [3.63, 3.8) is 0 Å². The van der Waals surface area contributed by atoms with Crippen LogP contribution in [0.15, 0.2) is 24.5 Å². The van der Waals surface area contributed by atoms with Gasteiger partial charge in [-0.15, -0.1) is 0 Å². The van der Waals surface area contributed by atoms with Crippen molar-refractivity contribution in [2.75, 3.05) is 45.4 Å². The number of aromatic nitrogens is 4. The highest BCUT2D eigenvalue weighted by Crippen LogP contribution is 2.34. The molecular formula is C19H25N7O2. The number of anilines is 2. The number of likely N-dealkylation sites (tertiary alicyclic amines) is 1. The van der Waals surface area contributed by atoms with E-state index in [1.807, 2.05) is 12.1 Å². The maximum atomic E-state index is 6.20. The van der Waals surface area contributed by atoms with Gasteiger partial charge in [0.05, 0.1) is 25.3 Å². The van der Waals surface area contributed by atoms with Crippen molar-refractivity contribution in [1.82, 2.24) is 24.4 Å². The molecule has 1 saturated heterocycles. The van der Waals surface area contributed by atoms with Crippen molar-refractivity contribution < 1.29 is 9.47 Å². The van der Waals surface area contributed by atoms with Crippen molar-refractivity contribution >= 4 is 22.8 Å². The molecule has 0 unspecified atom stereocenters. The Balaban J connectivity index is 1.70. The van der Waals surface area contributed by atoms with Crippen LogP contribution in [0.2, 0.25) is 0 Å². The van der Waals surface area contributed by atoms with Crippen LogP contribution in [0.4, 0.5) is 11.8 Å². The number of fused-ring (bicyclic) bond motifs is 1. The number of hydrogen-bond acceptors (Lipinski definition) is 8. The van der Waals surface area contributed by atoms with Gasteiger partial charge in [0.15, 0.2) is 11.5 Å². The van der Waals surface area contributed by atoms with E-state index in [-0.39, 0.29) is 0 Å². The van der Waals surface area contributed by atoms with Gasteiger partial charge in [0.2, 0.25) is 5.95 Å². The van der Waals surface area contributed by atoms with Gasteiger partial charge in [-0.2, -0.15) is 0 Å². The van der Waals surface area contributed by atoms with Gasteiger partial charge in [-0.05, 0) is 26.4 Å². The summed E-state index contributed by atoms with van der Waals surface area (Å²) in [7, 11) is 5.33. The molecule has 3 N–H and O–H groups in total. The summed E-state index contributed by atoms with van der Waals surface area (Å²) in [6, 6.07) is 5.91. The smallest absolute Gasteiger partial charge is 0.207 e. The summed E-state index contributed by atoms with van der Waals surface area (Å²) in [5.74, 6) is 2.97. The largest absolute Gasteiger partial charge is 0.493 e. The minimum Gasteiger partial charge on any atom is -0.493 e. The quantitative estimate of drug-likeness (QED) is 0.689. The van der Waals surface area contributed by atoms with E-state index < -0.39 is 0 Å². The first-order chi connectivity index (χ1) is 13.6. The lowest BCUT2D eigenvalue weighted by Gasteiger charge is -2.30. The van der Waals surface area contributed by atoms with E-state index in [2.05, 4.69) is 32.2 Å². The van der Waals surface area contributed by atoms with Gasteiger partial charge in [-0.25, -0.2) is 15.0 Å². The Morgan fingerprint density at radius 3 is 2.68 bits per heavy atom. The number of rotatable bonds is 5. The number of nitrogen functional groups attached to an aromatic ring is 1. The molecular weight excluding hydrogens is 358 g/mol. The molecule has 1 fully saturated rings. The van der Waals surface area contributed by atoms with Crippen molar-refractivity contribution in [2.24, 2.45) is 0 Å². The summed E-state index contributed by atoms with van der Waals surface area (Å²) >= 11 is 0. The molecule has 4 rings (SSSR count). The molecule has 28 heavy (non-hydrogen) atoms. The predicted octanol–water partition coefficient (Wildman–Crippen LogP) is 1.92. The minimum absolute atomic E-state index is 0.340. The molecule has 2 aromatic heterocycles. The number of likely N-dealkylation sites (N-methyl/N-ethyl adjacent to an activating group) is 1. The molecule has 0 bridgehead atoms. The molecule has 9 heteroatoms. The zero-order chi connectivity index (χ0) is 19.7. The second-order valence-corrected chi connectivity index (χ2v) is 7.01. The Morgan fingerprint density at radius 2 is 1.93 bits per heavy atom. The number of methoxy groups -OCH3 is 2. The van der Waals surface area contributed by atoms with Crippen LogP contribution in [0.5, 0.6) is 11.5 Å². The van der Waals surface area contributed by atoms with Crippen molar-refractivity contribution in [3.8, 4) is 17.3 Å². The van der Waals surface area contributed by atoms with E-state index in [0.29, 0.717) is 34.8 Å². The maximum Gasteiger partial charge on any atom is 0.207 e. The highest BCUT2D eigenvalue weighted by Gasteiger charge is 2.19. The predicted molar refractivity (Wildman–Crippen MR) is 108 cm³/mol. The summed E-state index contributed by atoms with van der Waals surface area (Å²) in [6.07, 6.45) is 3.83. The van der Waals surface area contributed by atoms with Crippen LogP contribution in [0.3, 0.4) is 0 Å². The molecule has 1 aliphatic rings. The summed E-state index contributed by atoms with van der Waals surface area (Å²) in [6.45, 7) is 2.13. The molecule has 148 valence electrons. The van der Waals surface area contributed by atoms with Crippen LogP contribution in [0.25, 0.3) is 16.9 Å². The number of nitrogens with two attached hydrogens (primary N) is 1. The first-order valence-corrected chi connectivity index (χ1v) is 9.26. The first-order valence-electron chi connectivity index (χ1n) is 9.26. The van der Waals surface area contributed by atoms with Gasteiger partial charge in [0.1, 0.15) is 18.0 Å². The highest BCUT2D eigenvalue weighted by atomic mass is 16.5. The van der Waals surface area contributed by atoms with Crippen molar-refractivity contribution in [1.29, 1.82) is 0 Å². The van der Waals surface area contributed by atoms with E-state index in [4.69, 9.17) is 15.2 Å². The average Bonchev–Trinajstić information content (AvgIpc) is 3.01. The molecule has 1 atom stereocenters. The Kier molecular flexibility index (Phi) is 4.91. The number of piperidine rings is 1. The first kappa shape index (κ1) is 18.3. The van der Waals surface area contributed by atoms with Gasteiger partial charge in [0.25, 0.3) is 0 Å². The van der Waals surface area contributed by atoms with Gasteiger partial charge in [0, 0.05) is 30.8 Å². The van der Waals surface area contributed by atoms with E-state index in [1.165, 1.54) is 12.7 Å². The van der Waals surface area contributed by atoms with Crippen LogP contribution in [0.1, 0.15) is 12.8 Å². The van der Waals surface area contributed by atoms with Crippen LogP contribution in [0, 0.1) is 0 Å². The molecule has 3 heterocycles. The van der Waals surface area contributed by atoms with E-state index in [9.17, 15) is 0 Å². The third-order valence-electron chi connectivity index (χ3n) is 5.04. The van der Waals surface area contributed by atoms with Gasteiger partial charge < -0.3 is 25.4 Å². The molecule has 0 amide bonds. The average molecular weight is 383 g/mol. The van der Waals surface area contributed by atoms with E-state index in [0.717, 1.165) is 30.8 Å². The molecule has 3 aromatic rings. The lowest BCUT2D eigenvalue weighted by molar-refractivity contribution is 0.260. The molecule has 0 aliphatic carbocycles. The van der Waals surface area contributed by atoms with Gasteiger partial charge >= 0.3 is 0 Å². The Labute approximate surface area is 163 Å². The number of ether oxygens (including phenoxy) is 2. The number of benzene rings is 1. The van der Waals surface area contributed by atoms with Crippen molar-refractivity contribution in [2.45, 2.75) is 18.9 Å². The number of imidazole rings is 1. The topological polar surface area (TPSA) is 103 Å². The lowest BCUT2D eigenvalue weighted by Crippen LogP contribution is -2.39. The Hall–Kier alpha value is -3.07. The standard InChI is InChI=1S/C19H25N7O2/c1-25-6-4-5-12(10-25)23-17-9-18(22-11-21-17)26-14-8-16(28-3)15(27-2)7-13(14)24-19(26)20/h7-9,11-12H,4-6,10H2,1-3H3,(H2,20,24)(H,21,22,23)/t12-/m0/s1. The Morgan fingerprint density at radius 1 is 1.14 bits per heavy atom. The monoisotopic (exact) mass is 383 g/mol. The summed E-state index contributed by atoms with van der Waals surface area (Å²) < 4.78 is 12.6. The number of nitrogens with zero attached hydrogens (tertiary/aromatic N) is 5. The van der Waals surface area contributed by atoms with E-state index >= 15 is 0 Å². The second kappa shape index (κ2) is 7.51. The van der Waals surface area contributed by atoms with Crippen LogP contribution in [-0.4, -0.2) is 64.8 Å². The lowest BCUT2D eigenvalue weighted by atomic mass is 10.1. The second-order valence-electron chi connectivity index (χ2n) is 7.01. The molecule has 0 spiro atoms. The highest BCUT2D eigenvalue weighted by molar-refractivity contribution is 5.84. The zero-order valence-corrected chi connectivity index (χ0v) is 16.3. The molecule has 0 radical (unpaired) electrons. The van der Waals surface area contributed by atoms with E-state index in [1.54, 1.807) is 24.9 Å². The fourth-order valence-electron chi connectivity index (χ4n) is 3.71. The maximum absolute atomic E-state index is 6.20. The fourth-order valence-corrected chi connectivity index (χ4v) is 3.71. The normalized spacial score (nSPS) is 17.6. The summed E-state index contributed by atoms with van der Waals surface area (Å²) in [4.78, 5) is 15.6. The SMILES string of the molecule is COc1cc2nc(N)n(-c3cc(N[C@H]4CCCN(C)C4)ncn3)c2cc1OC. The summed E-state index contributed by atoms with van der Waals surface area (Å²) in [5, 5.41) is 3.51. The minimum atomic E-state index is 0.340. The molecule has 9 nitrogen and oxygen atoms in total.